The quantitative estimate of drug-likeness (QED) is 0.121. The van der Waals surface area contributed by atoms with Crippen LogP contribution in [-0.2, 0) is 10.9 Å². The molecule has 4 aromatic rings. The molecule has 0 aliphatic carbocycles. The number of hydrogen-bond acceptors (Lipinski definition) is 3. The van der Waals surface area contributed by atoms with E-state index >= 15 is 0 Å². The van der Waals surface area contributed by atoms with Gasteiger partial charge in [0.2, 0.25) is 0 Å². The molecule has 38 heavy (non-hydrogen) atoms. The Labute approximate surface area is 224 Å². The molecule has 0 atom stereocenters. The van der Waals surface area contributed by atoms with Gasteiger partial charge in [0.25, 0.3) is 0 Å². The van der Waals surface area contributed by atoms with Gasteiger partial charge in [-0.3, -0.25) is 0 Å². The third kappa shape index (κ3) is 10.5. The fraction of sp³-hybridized carbons (Fsp3) is 0.111. The molecule has 4 aromatic carbocycles. The second kappa shape index (κ2) is 11.1. The number of ether oxygens (including phenoxy) is 2. The molecule has 0 heterocycles. The van der Waals surface area contributed by atoms with Crippen molar-refractivity contribution in [2.75, 3.05) is 14.2 Å². The second-order valence-electron chi connectivity index (χ2n) is 8.00. The van der Waals surface area contributed by atoms with E-state index in [1.807, 2.05) is 24.3 Å². The first-order valence-electron chi connectivity index (χ1n) is 11.0. The van der Waals surface area contributed by atoms with Crippen molar-refractivity contribution in [1.29, 1.82) is 0 Å². The Morgan fingerprint density at radius 3 is 1.13 bits per heavy atom. The van der Waals surface area contributed by atoms with Gasteiger partial charge in [-0.05, 0) is 91.9 Å². The molecule has 0 unspecified atom stereocenters. The van der Waals surface area contributed by atoms with E-state index in [1.165, 1.54) is 30.0 Å². The summed E-state index contributed by atoms with van der Waals surface area (Å²) in [7, 11) is -7.48. The predicted molar refractivity (Wildman–Crippen MR) is 143 cm³/mol. The van der Waals surface area contributed by atoms with Crippen molar-refractivity contribution in [3.05, 3.63) is 103 Å². The molecule has 4 rings (SSSR count). The monoisotopic (exact) mass is 590 g/mol. The van der Waals surface area contributed by atoms with E-state index in [0.717, 1.165) is 11.5 Å². The van der Waals surface area contributed by atoms with Crippen LogP contribution in [0.5, 0.6) is 11.5 Å². The molecule has 0 saturated heterocycles. The molecule has 0 aliphatic rings. The molecule has 0 aromatic heterocycles. The van der Waals surface area contributed by atoms with E-state index < -0.39 is 7.81 Å². The zero-order chi connectivity index (χ0) is 28.0. The molecule has 0 spiro atoms. The summed E-state index contributed by atoms with van der Waals surface area (Å²) in [6, 6.07) is 34.3. The van der Waals surface area contributed by atoms with E-state index in [1.54, 1.807) is 26.0 Å². The van der Waals surface area contributed by atoms with Crippen molar-refractivity contribution < 1.29 is 34.7 Å². The van der Waals surface area contributed by atoms with E-state index in [4.69, 9.17) is 9.47 Å². The van der Waals surface area contributed by atoms with Crippen LogP contribution in [0, 0.1) is 6.92 Å². The van der Waals surface area contributed by atoms with Crippen molar-refractivity contribution >= 4 is 30.5 Å². The summed E-state index contributed by atoms with van der Waals surface area (Å²) in [4.78, 5) is 6.28. The van der Waals surface area contributed by atoms with E-state index in [-0.39, 0.29) is 10.9 Å². The Hall–Kier alpha value is -2.81. The molecular formula is C27H25F6O2PS2. The van der Waals surface area contributed by atoms with Crippen LogP contribution >= 0.6 is 19.6 Å². The molecular weight excluding hydrogens is 565 g/mol. The van der Waals surface area contributed by atoms with Gasteiger partial charge in [-0.15, -0.1) is 0 Å². The van der Waals surface area contributed by atoms with Crippen LogP contribution in [0.2, 0.25) is 0 Å². The Morgan fingerprint density at radius 2 is 0.816 bits per heavy atom. The van der Waals surface area contributed by atoms with Gasteiger partial charge >= 0.3 is 33.0 Å². The maximum absolute atomic E-state index is 10.7. The summed E-state index contributed by atoms with van der Waals surface area (Å²) in [5.41, 5.74) is 1.28. The van der Waals surface area contributed by atoms with Gasteiger partial charge in [0.15, 0.2) is 14.7 Å². The van der Waals surface area contributed by atoms with Crippen molar-refractivity contribution in [2.45, 2.75) is 31.4 Å². The van der Waals surface area contributed by atoms with Gasteiger partial charge in [0.1, 0.15) is 11.5 Å². The van der Waals surface area contributed by atoms with Crippen LogP contribution in [0.25, 0.3) is 0 Å². The average molecular weight is 591 g/mol. The zero-order valence-electron chi connectivity index (χ0n) is 20.6. The normalized spacial score (nSPS) is 13.1. The number of aryl methyl sites for hydroxylation is 1. The van der Waals surface area contributed by atoms with Gasteiger partial charge in [-0.2, -0.15) is 0 Å². The van der Waals surface area contributed by atoms with Crippen molar-refractivity contribution in [2.24, 2.45) is 0 Å². The number of rotatable bonds is 7. The molecule has 11 heteroatoms. The molecule has 0 N–H and O–H groups in total. The van der Waals surface area contributed by atoms with Crippen molar-refractivity contribution in [3.8, 4) is 11.5 Å². The number of methoxy groups -OCH3 is 2. The molecule has 0 radical (unpaired) electrons. The van der Waals surface area contributed by atoms with E-state index in [2.05, 4.69) is 79.7 Å². The molecule has 0 aliphatic heterocycles. The maximum atomic E-state index is 9.87. The van der Waals surface area contributed by atoms with Crippen molar-refractivity contribution in [1.82, 2.24) is 0 Å². The summed E-state index contributed by atoms with van der Waals surface area (Å²) in [6.07, 6.45) is 0. The first-order chi connectivity index (χ1) is 17.6. The van der Waals surface area contributed by atoms with Gasteiger partial charge in [0, 0.05) is 9.79 Å². The summed E-state index contributed by atoms with van der Waals surface area (Å²) >= 11 is 1.79. The first-order valence-corrected chi connectivity index (χ1v) is 15.1. The Bertz CT molecular complexity index is 1270. The number of hydrogen-bond donors (Lipinski definition) is 0. The SMILES string of the molecule is COc1ccc([S+](c2ccc(OC)cc2)c2ccc(Sc3ccc(C)cc3)cc2)cc1.F[P-](F)(F)(F)(F)F. The summed E-state index contributed by atoms with van der Waals surface area (Å²) < 4.78 is 69.9. The van der Waals surface area contributed by atoms with Gasteiger partial charge in [-0.1, -0.05) is 29.5 Å². The van der Waals surface area contributed by atoms with Crippen molar-refractivity contribution in [3.63, 3.8) is 0 Å². The first kappa shape index (κ1) is 29.7. The average Bonchev–Trinajstić information content (AvgIpc) is 2.85. The van der Waals surface area contributed by atoms with E-state index in [0.29, 0.717) is 0 Å². The fourth-order valence-electron chi connectivity index (χ4n) is 3.22. The Kier molecular flexibility index (Phi) is 8.71. The topological polar surface area (TPSA) is 18.5 Å². The van der Waals surface area contributed by atoms with Crippen LogP contribution in [0.15, 0.2) is 122 Å². The third-order valence-corrected chi connectivity index (χ3v) is 8.15. The summed E-state index contributed by atoms with van der Waals surface area (Å²) in [5, 5.41) is 0. The molecule has 204 valence electrons. The minimum atomic E-state index is -10.7. The second-order valence-corrected chi connectivity index (χ2v) is 13.1. The van der Waals surface area contributed by atoms with Gasteiger partial charge in [-0.25, -0.2) is 0 Å². The van der Waals surface area contributed by atoms with Gasteiger partial charge in [0.05, 0.1) is 25.1 Å². The molecule has 0 amide bonds. The minimum absolute atomic E-state index is 0.213. The molecule has 0 bridgehead atoms. The van der Waals surface area contributed by atoms with Crippen LogP contribution in [0.4, 0.5) is 25.2 Å². The standard InChI is InChI=1S/C27H25O2S2.F6P/c1-20-4-10-23(11-5-20)30-24-12-18-27(19-13-24)31(25-14-6-21(28-2)7-15-25)26-16-8-22(29-3)9-17-26;1-7(2,3,4,5)6/h4-19H,1-3H3;/q+1;-1. The Morgan fingerprint density at radius 1 is 0.526 bits per heavy atom. The third-order valence-electron chi connectivity index (χ3n) is 4.91. The summed E-state index contributed by atoms with van der Waals surface area (Å²) in [6.45, 7) is 2.11. The molecule has 0 saturated carbocycles. The fourth-order valence-corrected chi connectivity index (χ4v) is 6.08. The van der Waals surface area contributed by atoms with Crippen LogP contribution < -0.4 is 9.47 Å². The van der Waals surface area contributed by atoms with Gasteiger partial charge < -0.3 is 9.47 Å². The van der Waals surface area contributed by atoms with Crippen LogP contribution in [-0.4, -0.2) is 14.2 Å². The van der Waals surface area contributed by atoms with Crippen LogP contribution in [0.1, 0.15) is 5.56 Å². The number of benzene rings is 4. The number of halogens is 6. The molecule has 0 fully saturated rings. The predicted octanol–water partition coefficient (Wildman–Crippen LogP) is 10.6. The van der Waals surface area contributed by atoms with Crippen LogP contribution in [0.3, 0.4) is 0 Å². The summed E-state index contributed by atoms with van der Waals surface area (Å²) in [5.74, 6) is 1.73. The zero-order valence-corrected chi connectivity index (χ0v) is 23.1. The molecule has 2 nitrogen and oxygen atoms in total. The Balaban J connectivity index is 0.000000505. The van der Waals surface area contributed by atoms with E-state index in [9.17, 15) is 25.2 Å².